The van der Waals surface area contributed by atoms with Crippen LogP contribution in [0.3, 0.4) is 0 Å². The van der Waals surface area contributed by atoms with Gasteiger partial charge in [0.1, 0.15) is 0 Å². The van der Waals surface area contributed by atoms with E-state index >= 15 is 0 Å². The van der Waals surface area contributed by atoms with Gasteiger partial charge in [-0.25, -0.2) is 0 Å². The van der Waals surface area contributed by atoms with Crippen molar-refractivity contribution in [1.82, 2.24) is 20.8 Å². The van der Waals surface area contributed by atoms with Gasteiger partial charge in [0.2, 0.25) is 5.91 Å². The monoisotopic (exact) mass is 236 g/mol. The lowest BCUT2D eigenvalue weighted by atomic mass is 10.0. The molecule has 1 aliphatic heterocycles. The van der Waals surface area contributed by atoms with Crippen molar-refractivity contribution >= 4 is 5.91 Å². The van der Waals surface area contributed by atoms with Crippen LogP contribution in [0.15, 0.2) is 6.20 Å². The summed E-state index contributed by atoms with van der Waals surface area (Å²) in [5, 5.41) is 13.0. The second-order valence-corrected chi connectivity index (χ2v) is 4.69. The average molecular weight is 236 g/mol. The number of carbonyl (C=O) groups excluding carboxylic acids is 1. The number of nitrogens with one attached hydrogen (secondary N) is 3. The van der Waals surface area contributed by atoms with E-state index < -0.39 is 0 Å². The van der Waals surface area contributed by atoms with Gasteiger partial charge in [0.15, 0.2) is 0 Å². The summed E-state index contributed by atoms with van der Waals surface area (Å²) in [5.41, 5.74) is 2.08. The predicted molar refractivity (Wildman–Crippen MR) is 65.4 cm³/mol. The molecular formula is C12H20N4O. The maximum atomic E-state index is 11.6. The molecule has 2 rings (SSSR count). The van der Waals surface area contributed by atoms with Gasteiger partial charge >= 0.3 is 0 Å². The summed E-state index contributed by atoms with van der Waals surface area (Å²) in [6.07, 6.45) is 4.58. The van der Waals surface area contributed by atoms with Crippen molar-refractivity contribution in [1.29, 1.82) is 0 Å². The fourth-order valence-corrected chi connectivity index (χ4v) is 2.13. The highest BCUT2D eigenvalue weighted by atomic mass is 16.1. The Balaban J connectivity index is 1.65. The number of hydrogen-bond donors (Lipinski definition) is 3. The van der Waals surface area contributed by atoms with Gasteiger partial charge in [-0.15, -0.1) is 0 Å². The molecule has 17 heavy (non-hydrogen) atoms. The van der Waals surface area contributed by atoms with Crippen LogP contribution >= 0.6 is 0 Å². The molecule has 1 aliphatic rings. The summed E-state index contributed by atoms with van der Waals surface area (Å²) in [4.78, 5) is 11.6. The van der Waals surface area contributed by atoms with Crippen molar-refractivity contribution in [2.75, 3.05) is 13.1 Å². The lowest BCUT2D eigenvalue weighted by Gasteiger charge is -2.08. The van der Waals surface area contributed by atoms with Crippen LogP contribution in [0, 0.1) is 12.8 Å². The molecule has 0 spiro atoms. The van der Waals surface area contributed by atoms with Crippen molar-refractivity contribution in [3.8, 4) is 0 Å². The molecule has 1 aromatic heterocycles. The average Bonchev–Trinajstić information content (AvgIpc) is 2.95. The predicted octanol–water partition coefficient (Wildman–Crippen LogP) is 0.724. The second kappa shape index (κ2) is 5.82. The van der Waals surface area contributed by atoms with Crippen LogP contribution in [0.25, 0.3) is 0 Å². The van der Waals surface area contributed by atoms with Gasteiger partial charge in [-0.05, 0) is 38.8 Å². The van der Waals surface area contributed by atoms with Crippen LogP contribution in [-0.2, 0) is 11.3 Å². The Labute approximate surface area is 101 Å². The molecule has 0 aliphatic carbocycles. The van der Waals surface area contributed by atoms with Crippen LogP contribution in [0.2, 0.25) is 0 Å². The van der Waals surface area contributed by atoms with Crippen LogP contribution in [0.4, 0.5) is 0 Å². The number of carbonyl (C=O) groups is 1. The lowest BCUT2D eigenvalue weighted by Crippen LogP contribution is -2.23. The summed E-state index contributed by atoms with van der Waals surface area (Å²) in [7, 11) is 0. The third kappa shape index (κ3) is 3.56. The number of aryl methyl sites for hydroxylation is 1. The van der Waals surface area contributed by atoms with E-state index in [9.17, 15) is 4.79 Å². The Morgan fingerprint density at radius 3 is 3.18 bits per heavy atom. The summed E-state index contributed by atoms with van der Waals surface area (Å²) in [6.45, 7) is 4.69. The van der Waals surface area contributed by atoms with Gasteiger partial charge < -0.3 is 10.6 Å². The molecular weight excluding hydrogens is 216 g/mol. The molecule has 0 radical (unpaired) electrons. The molecule has 1 fully saturated rings. The van der Waals surface area contributed by atoms with E-state index in [0.717, 1.165) is 30.8 Å². The highest BCUT2D eigenvalue weighted by molar-refractivity contribution is 5.75. The highest BCUT2D eigenvalue weighted by Gasteiger charge is 2.15. The van der Waals surface area contributed by atoms with Crippen LogP contribution in [0.5, 0.6) is 0 Å². The van der Waals surface area contributed by atoms with E-state index in [0.29, 0.717) is 18.9 Å². The van der Waals surface area contributed by atoms with E-state index in [1.807, 2.05) is 6.92 Å². The normalized spacial score (nSPS) is 19.5. The fraction of sp³-hybridized carbons (Fsp3) is 0.667. The van der Waals surface area contributed by atoms with Gasteiger partial charge in [0, 0.05) is 24.2 Å². The topological polar surface area (TPSA) is 69.8 Å². The van der Waals surface area contributed by atoms with Crippen molar-refractivity contribution < 1.29 is 4.79 Å². The van der Waals surface area contributed by atoms with Crippen LogP contribution in [0.1, 0.15) is 30.5 Å². The minimum Gasteiger partial charge on any atom is -0.352 e. The molecule has 0 aromatic carbocycles. The number of aromatic nitrogens is 2. The van der Waals surface area contributed by atoms with E-state index in [-0.39, 0.29) is 5.91 Å². The highest BCUT2D eigenvalue weighted by Crippen LogP contribution is 2.14. The SMILES string of the molecule is Cc1[nH]ncc1CNC(=O)CCC1CCNC1. The standard InChI is InChI=1S/C12H20N4O/c1-9-11(8-15-16-9)7-14-12(17)3-2-10-4-5-13-6-10/h8,10,13H,2-7H2,1H3,(H,14,17)(H,15,16). The molecule has 1 amide bonds. The zero-order chi connectivity index (χ0) is 12.1. The Hall–Kier alpha value is -1.36. The lowest BCUT2D eigenvalue weighted by molar-refractivity contribution is -0.121. The molecule has 94 valence electrons. The maximum Gasteiger partial charge on any atom is 0.220 e. The first kappa shape index (κ1) is 12.1. The second-order valence-electron chi connectivity index (χ2n) is 4.69. The third-order valence-corrected chi connectivity index (χ3v) is 3.35. The molecule has 2 heterocycles. The van der Waals surface area contributed by atoms with Crippen molar-refractivity contribution in [2.24, 2.45) is 5.92 Å². The Kier molecular flexibility index (Phi) is 4.14. The van der Waals surface area contributed by atoms with Crippen molar-refractivity contribution in [3.63, 3.8) is 0 Å². The molecule has 1 saturated heterocycles. The van der Waals surface area contributed by atoms with E-state index in [2.05, 4.69) is 20.8 Å². The van der Waals surface area contributed by atoms with Gasteiger partial charge in [0.05, 0.1) is 6.20 Å². The largest absolute Gasteiger partial charge is 0.352 e. The molecule has 5 nitrogen and oxygen atoms in total. The summed E-state index contributed by atoms with van der Waals surface area (Å²) in [6, 6.07) is 0. The number of rotatable bonds is 5. The summed E-state index contributed by atoms with van der Waals surface area (Å²) < 4.78 is 0. The van der Waals surface area contributed by atoms with Crippen LogP contribution < -0.4 is 10.6 Å². The molecule has 3 N–H and O–H groups in total. The third-order valence-electron chi connectivity index (χ3n) is 3.35. The van der Waals surface area contributed by atoms with E-state index in [4.69, 9.17) is 0 Å². The summed E-state index contributed by atoms with van der Waals surface area (Å²) >= 11 is 0. The first-order chi connectivity index (χ1) is 8.25. The first-order valence-electron chi connectivity index (χ1n) is 6.22. The minimum atomic E-state index is 0.137. The molecule has 1 unspecified atom stereocenters. The van der Waals surface area contributed by atoms with Gasteiger partial charge in [0.25, 0.3) is 0 Å². The Morgan fingerprint density at radius 2 is 2.53 bits per heavy atom. The quantitative estimate of drug-likeness (QED) is 0.705. The molecule has 1 aromatic rings. The summed E-state index contributed by atoms with van der Waals surface area (Å²) in [5.74, 6) is 0.814. The Morgan fingerprint density at radius 1 is 1.65 bits per heavy atom. The zero-order valence-electron chi connectivity index (χ0n) is 10.3. The molecule has 1 atom stereocenters. The smallest absolute Gasteiger partial charge is 0.220 e. The molecule has 0 bridgehead atoms. The maximum absolute atomic E-state index is 11.6. The van der Waals surface area contributed by atoms with Crippen LogP contribution in [-0.4, -0.2) is 29.2 Å². The number of nitrogens with zero attached hydrogens (tertiary/aromatic N) is 1. The molecule has 5 heteroatoms. The fourth-order valence-electron chi connectivity index (χ4n) is 2.13. The number of aromatic amines is 1. The minimum absolute atomic E-state index is 0.137. The first-order valence-corrected chi connectivity index (χ1v) is 6.22. The molecule has 0 saturated carbocycles. The Bertz CT molecular complexity index is 368. The van der Waals surface area contributed by atoms with Crippen molar-refractivity contribution in [2.45, 2.75) is 32.7 Å². The van der Waals surface area contributed by atoms with Gasteiger partial charge in [-0.3, -0.25) is 9.89 Å². The number of amides is 1. The van der Waals surface area contributed by atoms with Gasteiger partial charge in [-0.2, -0.15) is 5.10 Å². The van der Waals surface area contributed by atoms with Crippen molar-refractivity contribution in [3.05, 3.63) is 17.5 Å². The number of H-pyrrole nitrogens is 1. The van der Waals surface area contributed by atoms with E-state index in [1.165, 1.54) is 6.42 Å². The number of hydrogen-bond acceptors (Lipinski definition) is 3. The van der Waals surface area contributed by atoms with Gasteiger partial charge in [-0.1, -0.05) is 0 Å². The van der Waals surface area contributed by atoms with E-state index in [1.54, 1.807) is 6.20 Å². The zero-order valence-corrected chi connectivity index (χ0v) is 10.3.